The Kier molecular flexibility index (Phi) is 4.53. The molecule has 0 aliphatic carbocycles. The molecule has 0 fully saturated rings. The van der Waals surface area contributed by atoms with Gasteiger partial charge in [0.2, 0.25) is 5.91 Å². The molecule has 100 valence electrons. The monoisotopic (exact) mass is 256 g/mol. The predicted octanol–water partition coefficient (Wildman–Crippen LogP) is 2.41. The molecule has 2 rings (SSSR count). The first-order valence-corrected chi connectivity index (χ1v) is 6.69. The van der Waals surface area contributed by atoms with Crippen molar-refractivity contribution in [3.05, 3.63) is 48.0 Å². The van der Waals surface area contributed by atoms with Crippen molar-refractivity contribution in [2.75, 3.05) is 13.1 Å². The normalized spacial score (nSPS) is 12.3. The molecule has 3 heteroatoms. The molecule has 0 radical (unpaired) electrons. The summed E-state index contributed by atoms with van der Waals surface area (Å²) in [5, 5.41) is 5.28. The van der Waals surface area contributed by atoms with Crippen LogP contribution >= 0.6 is 0 Å². The zero-order chi connectivity index (χ0) is 13.7. The third-order valence-corrected chi connectivity index (χ3v) is 3.35. The van der Waals surface area contributed by atoms with E-state index in [1.807, 2.05) is 25.1 Å². The van der Waals surface area contributed by atoms with Crippen molar-refractivity contribution < 1.29 is 4.79 Å². The average Bonchev–Trinajstić information content (AvgIpc) is 2.46. The summed E-state index contributed by atoms with van der Waals surface area (Å²) in [4.78, 5) is 12.0. The lowest BCUT2D eigenvalue weighted by molar-refractivity contribution is -0.122. The third-order valence-electron chi connectivity index (χ3n) is 3.35. The number of nitrogens with one attached hydrogen (secondary N) is 1. The Morgan fingerprint density at radius 3 is 2.68 bits per heavy atom. The van der Waals surface area contributed by atoms with Crippen LogP contribution in [0.3, 0.4) is 0 Å². The quantitative estimate of drug-likeness (QED) is 0.807. The smallest absolute Gasteiger partial charge is 0.227 e. The Labute approximate surface area is 113 Å². The van der Waals surface area contributed by atoms with E-state index in [0.717, 1.165) is 12.0 Å². The van der Waals surface area contributed by atoms with Gasteiger partial charge in [-0.25, -0.2) is 0 Å². The summed E-state index contributed by atoms with van der Waals surface area (Å²) in [6, 6.07) is 14.3. The second kappa shape index (κ2) is 6.34. The molecular weight excluding hydrogens is 236 g/mol. The molecule has 1 atom stereocenters. The van der Waals surface area contributed by atoms with Crippen molar-refractivity contribution in [2.24, 2.45) is 5.73 Å². The van der Waals surface area contributed by atoms with Crippen LogP contribution in [-0.2, 0) is 4.79 Å². The van der Waals surface area contributed by atoms with Gasteiger partial charge in [0.1, 0.15) is 0 Å². The highest BCUT2D eigenvalue weighted by atomic mass is 16.1. The summed E-state index contributed by atoms with van der Waals surface area (Å²) in [5.74, 6) is -0.0777. The number of hydrogen-bond acceptors (Lipinski definition) is 2. The van der Waals surface area contributed by atoms with Gasteiger partial charge in [-0.15, -0.1) is 0 Å². The molecule has 3 N–H and O–H groups in total. The highest BCUT2D eigenvalue weighted by Crippen LogP contribution is 2.21. The average molecular weight is 256 g/mol. The Hall–Kier alpha value is -1.87. The number of fused-ring (bicyclic) bond motifs is 1. The van der Waals surface area contributed by atoms with E-state index in [1.54, 1.807) is 0 Å². The van der Waals surface area contributed by atoms with Gasteiger partial charge < -0.3 is 11.1 Å². The fourth-order valence-electron chi connectivity index (χ4n) is 2.10. The number of carbonyl (C=O) groups excluding carboxylic acids is 1. The van der Waals surface area contributed by atoms with E-state index in [9.17, 15) is 4.79 Å². The van der Waals surface area contributed by atoms with Crippen LogP contribution in [-0.4, -0.2) is 19.0 Å². The summed E-state index contributed by atoms with van der Waals surface area (Å²) in [7, 11) is 0. The molecule has 0 spiro atoms. The zero-order valence-electron chi connectivity index (χ0n) is 11.2. The molecule has 0 heterocycles. The van der Waals surface area contributed by atoms with Gasteiger partial charge in [-0.05, 0) is 36.2 Å². The minimum Gasteiger partial charge on any atom is -0.356 e. The van der Waals surface area contributed by atoms with Crippen LogP contribution in [0.4, 0.5) is 0 Å². The molecule has 2 aromatic rings. The summed E-state index contributed by atoms with van der Waals surface area (Å²) < 4.78 is 0. The van der Waals surface area contributed by atoms with Crippen LogP contribution < -0.4 is 11.1 Å². The lowest BCUT2D eigenvalue weighted by atomic mass is 9.97. The highest BCUT2D eigenvalue weighted by molar-refractivity contribution is 5.87. The fourth-order valence-corrected chi connectivity index (χ4v) is 2.10. The molecular formula is C16H20N2O. The second-order valence-electron chi connectivity index (χ2n) is 4.76. The molecule has 1 unspecified atom stereocenters. The number of nitrogens with two attached hydrogens (primary N) is 1. The van der Waals surface area contributed by atoms with Crippen LogP contribution in [0, 0.1) is 0 Å². The Balaban J connectivity index is 2.12. The summed E-state index contributed by atoms with van der Waals surface area (Å²) in [5.41, 5.74) is 6.46. The molecule has 0 saturated carbocycles. The van der Waals surface area contributed by atoms with Crippen molar-refractivity contribution in [3.63, 3.8) is 0 Å². The molecule has 0 saturated heterocycles. The van der Waals surface area contributed by atoms with Crippen molar-refractivity contribution >= 4 is 16.7 Å². The van der Waals surface area contributed by atoms with Crippen LogP contribution in [0.2, 0.25) is 0 Å². The van der Waals surface area contributed by atoms with E-state index in [0.29, 0.717) is 13.1 Å². The van der Waals surface area contributed by atoms with E-state index in [1.165, 1.54) is 10.8 Å². The van der Waals surface area contributed by atoms with E-state index >= 15 is 0 Å². The molecule has 19 heavy (non-hydrogen) atoms. The summed E-state index contributed by atoms with van der Waals surface area (Å²) >= 11 is 0. The minimum atomic E-state index is -0.137. The molecule has 3 nitrogen and oxygen atoms in total. The molecule has 0 aliphatic heterocycles. The van der Waals surface area contributed by atoms with Crippen LogP contribution in [0.25, 0.3) is 10.8 Å². The van der Waals surface area contributed by atoms with E-state index < -0.39 is 0 Å². The fraction of sp³-hybridized carbons (Fsp3) is 0.312. The number of amides is 1. The van der Waals surface area contributed by atoms with Crippen molar-refractivity contribution in [3.8, 4) is 0 Å². The number of rotatable bonds is 5. The van der Waals surface area contributed by atoms with E-state index in [4.69, 9.17) is 5.73 Å². The van der Waals surface area contributed by atoms with Crippen LogP contribution in [0.1, 0.15) is 24.8 Å². The molecule has 1 amide bonds. The first-order chi connectivity index (χ1) is 9.22. The summed E-state index contributed by atoms with van der Waals surface area (Å²) in [6.45, 7) is 3.18. The van der Waals surface area contributed by atoms with Crippen molar-refractivity contribution in [1.82, 2.24) is 5.32 Å². The maximum absolute atomic E-state index is 12.0. The maximum Gasteiger partial charge on any atom is 0.227 e. The van der Waals surface area contributed by atoms with Gasteiger partial charge in [0.05, 0.1) is 5.92 Å². The lowest BCUT2D eigenvalue weighted by Crippen LogP contribution is -2.29. The Bertz CT molecular complexity index is 565. The van der Waals surface area contributed by atoms with Gasteiger partial charge in [0.25, 0.3) is 0 Å². The van der Waals surface area contributed by atoms with Gasteiger partial charge in [0.15, 0.2) is 0 Å². The topological polar surface area (TPSA) is 55.1 Å². The lowest BCUT2D eigenvalue weighted by Gasteiger charge is -2.13. The standard InChI is InChI=1S/C16H20N2O/c1-12(16(19)18-10-4-9-17)14-8-7-13-5-2-3-6-15(13)11-14/h2-3,5-8,11-12H,4,9-10,17H2,1H3,(H,18,19). The van der Waals surface area contributed by atoms with Gasteiger partial charge in [-0.3, -0.25) is 4.79 Å². The third kappa shape index (κ3) is 3.32. The van der Waals surface area contributed by atoms with Gasteiger partial charge in [-0.2, -0.15) is 0 Å². The molecule has 0 aromatic heterocycles. The van der Waals surface area contributed by atoms with Crippen LogP contribution in [0.15, 0.2) is 42.5 Å². The van der Waals surface area contributed by atoms with Crippen molar-refractivity contribution in [2.45, 2.75) is 19.3 Å². The second-order valence-corrected chi connectivity index (χ2v) is 4.76. The number of benzene rings is 2. The largest absolute Gasteiger partial charge is 0.356 e. The van der Waals surface area contributed by atoms with Gasteiger partial charge in [-0.1, -0.05) is 42.5 Å². The molecule has 0 bridgehead atoms. The van der Waals surface area contributed by atoms with E-state index in [-0.39, 0.29) is 11.8 Å². The summed E-state index contributed by atoms with van der Waals surface area (Å²) in [6.07, 6.45) is 0.816. The maximum atomic E-state index is 12.0. The van der Waals surface area contributed by atoms with Crippen LogP contribution in [0.5, 0.6) is 0 Å². The SMILES string of the molecule is CC(C(=O)NCCCN)c1ccc2ccccc2c1. The Morgan fingerprint density at radius 2 is 1.95 bits per heavy atom. The first kappa shape index (κ1) is 13.6. The predicted molar refractivity (Wildman–Crippen MR) is 79.0 cm³/mol. The molecule has 0 aliphatic rings. The highest BCUT2D eigenvalue weighted by Gasteiger charge is 2.14. The van der Waals surface area contributed by atoms with Crippen molar-refractivity contribution in [1.29, 1.82) is 0 Å². The zero-order valence-corrected chi connectivity index (χ0v) is 11.2. The van der Waals surface area contributed by atoms with Gasteiger partial charge >= 0.3 is 0 Å². The van der Waals surface area contributed by atoms with Gasteiger partial charge in [0, 0.05) is 6.54 Å². The molecule has 2 aromatic carbocycles. The first-order valence-electron chi connectivity index (χ1n) is 6.69. The number of carbonyl (C=O) groups is 1. The minimum absolute atomic E-state index is 0.0590. The van der Waals surface area contributed by atoms with E-state index in [2.05, 4.69) is 29.6 Å². The number of hydrogen-bond donors (Lipinski definition) is 2. The Morgan fingerprint density at radius 1 is 1.21 bits per heavy atom.